The van der Waals surface area contributed by atoms with Crippen LogP contribution in [0.15, 0.2) is 30.3 Å². The molecule has 0 unspecified atom stereocenters. The van der Waals surface area contributed by atoms with Crippen molar-refractivity contribution in [1.29, 1.82) is 0 Å². The summed E-state index contributed by atoms with van der Waals surface area (Å²) in [6.07, 6.45) is 0. The lowest BCUT2D eigenvalue weighted by molar-refractivity contribution is 0.0746. The van der Waals surface area contributed by atoms with Crippen LogP contribution in [-0.2, 0) is 0 Å². The fraction of sp³-hybridized carbons (Fsp3) is 0.389. The second-order valence-electron chi connectivity index (χ2n) is 6.01. The number of amides is 1. The fourth-order valence-corrected chi connectivity index (χ4v) is 2.85. The number of hydrogen-bond donors (Lipinski definition) is 1. The van der Waals surface area contributed by atoms with Crippen molar-refractivity contribution in [3.05, 3.63) is 47.4 Å². The lowest BCUT2D eigenvalue weighted by atomic mass is 10.2. The summed E-state index contributed by atoms with van der Waals surface area (Å²) in [5.41, 5.74) is 1.42. The molecule has 1 aromatic heterocycles. The van der Waals surface area contributed by atoms with Crippen molar-refractivity contribution >= 4 is 17.7 Å². The standard InChI is InChI=1S/C18H22FN5O/c1-3-20-16-12-13(2)21-18(22-16)24-10-8-23(9-11-24)17(25)14-4-6-15(19)7-5-14/h4-7,12H,3,8-11H2,1-2H3,(H,20,21,22). The first-order valence-electron chi connectivity index (χ1n) is 8.46. The monoisotopic (exact) mass is 343 g/mol. The van der Waals surface area contributed by atoms with Gasteiger partial charge in [-0.1, -0.05) is 0 Å². The van der Waals surface area contributed by atoms with E-state index >= 15 is 0 Å². The van der Waals surface area contributed by atoms with E-state index in [9.17, 15) is 9.18 Å². The van der Waals surface area contributed by atoms with Gasteiger partial charge in [-0.25, -0.2) is 9.37 Å². The molecule has 1 saturated heterocycles. The van der Waals surface area contributed by atoms with Crippen molar-refractivity contribution < 1.29 is 9.18 Å². The topological polar surface area (TPSA) is 61.4 Å². The van der Waals surface area contributed by atoms with Crippen LogP contribution < -0.4 is 10.2 Å². The van der Waals surface area contributed by atoms with Gasteiger partial charge in [-0.15, -0.1) is 0 Å². The highest BCUT2D eigenvalue weighted by molar-refractivity contribution is 5.94. The Morgan fingerprint density at radius 1 is 1.16 bits per heavy atom. The molecule has 1 aliphatic heterocycles. The summed E-state index contributed by atoms with van der Waals surface area (Å²) in [6, 6.07) is 7.59. The fourth-order valence-electron chi connectivity index (χ4n) is 2.85. The predicted octanol–water partition coefficient (Wildman–Crippen LogP) is 2.32. The quantitative estimate of drug-likeness (QED) is 0.923. The molecule has 0 atom stereocenters. The molecule has 1 aliphatic rings. The first kappa shape index (κ1) is 17.1. The number of benzene rings is 1. The van der Waals surface area contributed by atoms with Crippen LogP contribution in [0.1, 0.15) is 23.0 Å². The van der Waals surface area contributed by atoms with E-state index in [1.54, 1.807) is 4.90 Å². The maximum absolute atomic E-state index is 13.0. The lowest BCUT2D eigenvalue weighted by Gasteiger charge is -2.35. The molecule has 1 aromatic carbocycles. The van der Waals surface area contributed by atoms with E-state index in [1.807, 2.05) is 19.9 Å². The molecule has 6 nitrogen and oxygen atoms in total. The van der Waals surface area contributed by atoms with E-state index in [0.717, 1.165) is 18.1 Å². The highest BCUT2D eigenvalue weighted by Crippen LogP contribution is 2.17. The molecule has 2 heterocycles. The van der Waals surface area contributed by atoms with E-state index < -0.39 is 0 Å². The van der Waals surface area contributed by atoms with Gasteiger partial charge in [0.2, 0.25) is 5.95 Å². The number of aryl methyl sites for hydroxylation is 1. The average Bonchev–Trinajstić information content (AvgIpc) is 2.62. The van der Waals surface area contributed by atoms with Gasteiger partial charge in [0.15, 0.2) is 0 Å². The van der Waals surface area contributed by atoms with E-state index in [0.29, 0.717) is 37.7 Å². The Morgan fingerprint density at radius 3 is 2.48 bits per heavy atom. The van der Waals surface area contributed by atoms with Crippen LogP contribution in [0.5, 0.6) is 0 Å². The zero-order valence-corrected chi connectivity index (χ0v) is 14.5. The number of rotatable bonds is 4. The van der Waals surface area contributed by atoms with Gasteiger partial charge in [-0.05, 0) is 38.1 Å². The normalized spacial score (nSPS) is 14.5. The van der Waals surface area contributed by atoms with Crippen LogP contribution in [-0.4, -0.2) is 53.5 Å². The molecule has 0 bridgehead atoms. The summed E-state index contributed by atoms with van der Waals surface area (Å²) in [5.74, 6) is 1.09. The maximum atomic E-state index is 13.0. The third-order valence-corrected chi connectivity index (χ3v) is 4.14. The Hall–Kier alpha value is -2.70. The number of aromatic nitrogens is 2. The Balaban J connectivity index is 1.65. The molecule has 3 rings (SSSR count). The molecule has 132 valence electrons. The zero-order valence-electron chi connectivity index (χ0n) is 14.5. The first-order valence-corrected chi connectivity index (χ1v) is 8.46. The maximum Gasteiger partial charge on any atom is 0.253 e. The van der Waals surface area contributed by atoms with Crippen molar-refractivity contribution in [2.75, 3.05) is 42.9 Å². The van der Waals surface area contributed by atoms with E-state index in [2.05, 4.69) is 20.2 Å². The van der Waals surface area contributed by atoms with Gasteiger partial charge >= 0.3 is 0 Å². The third-order valence-electron chi connectivity index (χ3n) is 4.14. The van der Waals surface area contributed by atoms with Crippen LogP contribution in [0.2, 0.25) is 0 Å². The molecule has 0 aliphatic carbocycles. The minimum Gasteiger partial charge on any atom is -0.370 e. The second-order valence-corrected chi connectivity index (χ2v) is 6.01. The van der Waals surface area contributed by atoms with Gasteiger partial charge in [0.25, 0.3) is 5.91 Å². The minimum absolute atomic E-state index is 0.0712. The summed E-state index contributed by atoms with van der Waals surface area (Å²) in [5, 5.41) is 3.21. The Kier molecular flexibility index (Phi) is 5.11. The summed E-state index contributed by atoms with van der Waals surface area (Å²) >= 11 is 0. The van der Waals surface area contributed by atoms with Crippen molar-refractivity contribution in [2.24, 2.45) is 0 Å². The molecule has 1 fully saturated rings. The van der Waals surface area contributed by atoms with Crippen LogP contribution in [0.4, 0.5) is 16.2 Å². The van der Waals surface area contributed by atoms with E-state index in [1.165, 1.54) is 24.3 Å². The number of piperazine rings is 1. The zero-order chi connectivity index (χ0) is 17.8. The number of nitrogens with zero attached hydrogens (tertiary/aromatic N) is 4. The largest absolute Gasteiger partial charge is 0.370 e. The number of anilines is 2. The van der Waals surface area contributed by atoms with Crippen LogP contribution in [0.25, 0.3) is 0 Å². The van der Waals surface area contributed by atoms with Crippen molar-refractivity contribution in [3.63, 3.8) is 0 Å². The van der Waals surface area contributed by atoms with Crippen LogP contribution in [0.3, 0.4) is 0 Å². The summed E-state index contributed by atoms with van der Waals surface area (Å²) in [6.45, 7) is 7.28. The number of nitrogens with one attached hydrogen (secondary N) is 1. The van der Waals surface area contributed by atoms with Gasteiger partial charge in [-0.2, -0.15) is 4.98 Å². The van der Waals surface area contributed by atoms with Gasteiger partial charge < -0.3 is 15.1 Å². The molecule has 0 spiro atoms. The molecule has 1 N–H and O–H groups in total. The Labute approximate surface area is 146 Å². The summed E-state index contributed by atoms with van der Waals surface area (Å²) in [7, 11) is 0. The van der Waals surface area contributed by atoms with Crippen molar-refractivity contribution in [3.8, 4) is 0 Å². The molecule has 0 radical (unpaired) electrons. The number of hydrogen-bond acceptors (Lipinski definition) is 5. The molecule has 25 heavy (non-hydrogen) atoms. The highest BCUT2D eigenvalue weighted by atomic mass is 19.1. The van der Waals surface area contributed by atoms with Crippen molar-refractivity contribution in [2.45, 2.75) is 13.8 Å². The number of carbonyl (C=O) groups excluding carboxylic acids is 1. The molecule has 7 heteroatoms. The van der Waals surface area contributed by atoms with Gasteiger partial charge in [-0.3, -0.25) is 4.79 Å². The third kappa shape index (κ3) is 4.04. The number of halogens is 1. The van der Waals surface area contributed by atoms with Crippen molar-refractivity contribution in [1.82, 2.24) is 14.9 Å². The second kappa shape index (κ2) is 7.46. The smallest absolute Gasteiger partial charge is 0.253 e. The first-order chi connectivity index (χ1) is 12.1. The average molecular weight is 343 g/mol. The van der Waals surface area contributed by atoms with Crippen LogP contribution >= 0.6 is 0 Å². The molecule has 0 saturated carbocycles. The van der Waals surface area contributed by atoms with E-state index in [4.69, 9.17) is 0 Å². The van der Waals surface area contributed by atoms with Crippen LogP contribution in [0, 0.1) is 12.7 Å². The lowest BCUT2D eigenvalue weighted by Crippen LogP contribution is -2.49. The minimum atomic E-state index is -0.338. The SMILES string of the molecule is CCNc1cc(C)nc(N2CCN(C(=O)c3ccc(F)cc3)CC2)n1. The highest BCUT2D eigenvalue weighted by Gasteiger charge is 2.23. The van der Waals surface area contributed by atoms with Gasteiger partial charge in [0.1, 0.15) is 11.6 Å². The molecule has 2 aromatic rings. The summed E-state index contributed by atoms with van der Waals surface area (Å²) < 4.78 is 13.0. The van der Waals surface area contributed by atoms with Gasteiger partial charge in [0, 0.05) is 50.0 Å². The molecule has 1 amide bonds. The molecular formula is C18H22FN5O. The van der Waals surface area contributed by atoms with Gasteiger partial charge in [0.05, 0.1) is 0 Å². The predicted molar refractivity (Wildman–Crippen MR) is 95.4 cm³/mol. The number of carbonyl (C=O) groups is 1. The summed E-state index contributed by atoms with van der Waals surface area (Å²) in [4.78, 5) is 25.4. The van der Waals surface area contributed by atoms with E-state index in [-0.39, 0.29) is 11.7 Å². The molecular weight excluding hydrogens is 321 g/mol. The Bertz CT molecular complexity index is 742. The Morgan fingerprint density at radius 2 is 1.84 bits per heavy atom.